The van der Waals surface area contributed by atoms with E-state index in [2.05, 4.69) is 4.72 Å². The molecule has 2 aromatic rings. The van der Waals surface area contributed by atoms with Gasteiger partial charge in [-0.2, -0.15) is 0 Å². The van der Waals surface area contributed by atoms with E-state index < -0.39 is 10.0 Å². The largest absolute Gasteiger partial charge is 0.497 e. The summed E-state index contributed by atoms with van der Waals surface area (Å²) < 4.78 is 38.3. The summed E-state index contributed by atoms with van der Waals surface area (Å²) >= 11 is 0. The van der Waals surface area contributed by atoms with Gasteiger partial charge in [-0.25, -0.2) is 8.42 Å². The van der Waals surface area contributed by atoms with Crippen LogP contribution in [-0.2, 0) is 22.9 Å². The minimum Gasteiger partial charge on any atom is -0.497 e. The van der Waals surface area contributed by atoms with E-state index in [4.69, 9.17) is 9.47 Å². The average Bonchev–Trinajstić information content (AvgIpc) is 3.01. The molecule has 0 heterocycles. The monoisotopic (exact) mass is 333 g/mol. The zero-order chi connectivity index (χ0) is 16.4. The van der Waals surface area contributed by atoms with E-state index in [1.165, 1.54) is 31.4 Å². The van der Waals surface area contributed by atoms with Gasteiger partial charge in [-0.1, -0.05) is 6.07 Å². The Bertz CT molecular complexity index is 830. The Morgan fingerprint density at radius 1 is 0.957 bits per heavy atom. The third kappa shape index (κ3) is 3.12. The first-order valence-electron chi connectivity index (χ1n) is 7.40. The summed E-state index contributed by atoms with van der Waals surface area (Å²) in [5.41, 5.74) is 3.07. The summed E-state index contributed by atoms with van der Waals surface area (Å²) in [4.78, 5) is 0.0554. The molecule has 23 heavy (non-hydrogen) atoms. The molecular formula is C17H19NO4S. The Hall–Kier alpha value is -2.21. The van der Waals surface area contributed by atoms with E-state index in [-0.39, 0.29) is 10.6 Å². The summed E-state index contributed by atoms with van der Waals surface area (Å²) in [5, 5.41) is 0. The van der Waals surface area contributed by atoms with Gasteiger partial charge in [0.2, 0.25) is 0 Å². The molecule has 0 fully saturated rings. The topological polar surface area (TPSA) is 64.6 Å². The van der Waals surface area contributed by atoms with Crippen LogP contribution in [-0.4, -0.2) is 22.6 Å². The maximum atomic E-state index is 12.7. The Morgan fingerprint density at radius 3 is 2.48 bits per heavy atom. The predicted molar refractivity (Wildman–Crippen MR) is 88.8 cm³/mol. The number of hydrogen-bond donors (Lipinski definition) is 1. The number of aryl methyl sites for hydroxylation is 2. The van der Waals surface area contributed by atoms with Crippen molar-refractivity contribution in [3.8, 4) is 11.5 Å². The van der Waals surface area contributed by atoms with Gasteiger partial charge in [-0.3, -0.25) is 4.72 Å². The quantitative estimate of drug-likeness (QED) is 0.913. The van der Waals surface area contributed by atoms with Crippen LogP contribution in [0.1, 0.15) is 17.5 Å². The highest BCUT2D eigenvalue weighted by molar-refractivity contribution is 7.92. The highest BCUT2D eigenvalue weighted by Crippen LogP contribution is 2.31. The molecule has 0 unspecified atom stereocenters. The lowest BCUT2D eigenvalue weighted by molar-refractivity contribution is 0.392. The highest BCUT2D eigenvalue weighted by atomic mass is 32.2. The maximum absolute atomic E-state index is 12.7. The molecule has 0 aliphatic heterocycles. The first-order valence-corrected chi connectivity index (χ1v) is 8.88. The Kier molecular flexibility index (Phi) is 4.17. The van der Waals surface area contributed by atoms with E-state index in [1.807, 2.05) is 12.1 Å². The molecule has 0 aromatic heterocycles. The van der Waals surface area contributed by atoms with Crippen LogP contribution in [0, 0.1) is 0 Å². The lowest BCUT2D eigenvalue weighted by atomic mass is 10.1. The van der Waals surface area contributed by atoms with Gasteiger partial charge in [0.05, 0.1) is 14.2 Å². The van der Waals surface area contributed by atoms with Gasteiger partial charge in [0.1, 0.15) is 16.4 Å². The average molecular weight is 333 g/mol. The normalized spacial score (nSPS) is 13.5. The lowest BCUT2D eigenvalue weighted by Gasteiger charge is -2.13. The summed E-state index contributed by atoms with van der Waals surface area (Å²) in [7, 11) is -0.828. The molecule has 0 saturated carbocycles. The van der Waals surface area contributed by atoms with Gasteiger partial charge in [0.15, 0.2) is 0 Å². The van der Waals surface area contributed by atoms with Crippen LogP contribution in [0.15, 0.2) is 41.3 Å². The lowest BCUT2D eigenvalue weighted by Crippen LogP contribution is -2.14. The summed E-state index contributed by atoms with van der Waals surface area (Å²) in [5.74, 6) is 0.736. The minimum absolute atomic E-state index is 0.0554. The van der Waals surface area contributed by atoms with Crippen LogP contribution in [0.2, 0.25) is 0 Å². The van der Waals surface area contributed by atoms with Crippen molar-refractivity contribution in [1.29, 1.82) is 0 Å². The highest BCUT2D eigenvalue weighted by Gasteiger charge is 2.21. The fourth-order valence-corrected chi connectivity index (χ4v) is 4.07. The first-order chi connectivity index (χ1) is 11.0. The number of nitrogens with one attached hydrogen (secondary N) is 1. The molecule has 2 aromatic carbocycles. The van der Waals surface area contributed by atoms with Crippen LogP contribution in [0.25, 0.3) is 0 Å². The Labute approximate surface area is 136 Å². The molecule has 3 rings (SSSR count). The maximum Gasteiger partial charge on any atom is 0.265 e. The van der Waals surface area contributed by atoms with Crippen molar-refractivity contribution in [2.45, 2.75) is 24.2 Å². The van der Waals surface area contributed by atoms with E-state index in [0.717, 1.165) is 19.3 Å². The fourth-order valence-electron chi connectivity index (χ4n) is 2.84. The van der Waals surface area contributed by atoms with Gasteiger partial charge in [-0.15, -0.1) is 0 Å². The number of sulfonamides is 1. The van der Waals surface area contributed by atoms with Crippen LogP contribution < -0.4 is 14.2 Å². The number of anilines is 1. The van der Waals surface area contributed by atoms with Crippen molar-refractivity contribution in [1.82, 2.24) is 0 Å². The summed E-state index contributed by atoms with van der Waals surface area (Å²) in [6.07, 6.45) is 3.18. The number of fused-ring (bicyclic) bond motifs is 1. The van der Waals surface area contributed by atoms with Crippen LogP contribution in [0.5, 0.6) is 11.5 Å². The third-order valence-electron chi connectivity index (χ3n) is 4.01. The number of methoxy groups -OCH3 is 2. The molecule has 6 heteroatoms. The molecule has 1 aliphatic rings. The van der Waals surface area contributed by atoms with Crippen molar-refractivity contribution in [3.63, 3.8) is 0 Å². The van der Waals surface area contributed by atoms with Crippen molar-refractivity contribution in [2.75, 3.05) is 18.9 Å². The second kappa shape index (κ2) is 6.12. The molecule has 0 spiro atoms. The molecule has 1 aliphatic carbocycles. The first kappa shape index (κ1) is 15.7. The van der Waals surface area contributed by atoms with Crippen LogP contribution in [0.3, 0.4) is 0 Å². The smallest absolute Gasteiger partial charge is 0.265 e. The molecule has 0 amide bonds. The Morgan fingerprint density at radius 2 is 1.74 bits per heavy atom. The van der Waals surface area contributed by atoms with E-state index in [1.54, 1.807) is 18.2 Å². The zero-order valence-electron chi connectivity index (χ0n) is 13.1. The van der Waals surface area contributed by atoms with Crippen LogP contribution in [0.4, 0.5) is 5.69 Å². The molecule has 0 atom stereocenters. The molecule has 122 valence electrons. The second-order valence-electron chi connectivity index (χ2n) is 5.46. The number of benzene rings is 2. The predicted octanol–water partition coefficient (Wildman–Crippen LogP) is 2.99. The SMILES string of the molecule is COc1ccc(OC)c(S(=O)(=O)Nc2ccc3c(c2)CCC3)c1. The molecule has 5 nitrogen and oxygen atoms in total. The third-order valence-corrected chi connectivity index (χ3v) is 5.41. The molecule has 0 radical (unpaired) electrons. The number of rotatable bonds is 5. The van der Waals surface area contributed by atoms with Gasteiger partial charge < -0.3 is 9.47 Å². The molecule has 0 saturated heterocycles. The fraction of sp³-hybridized carbons (Fsp3) is 0.294. The Balaban J connectivity index is 1.95. The van der Waals surface area contributed by atoms with Gasteiger partial charge in [0.25, 0.3) is 10.0 Å². The molecule has 0 bridgehead atoms. The summed E-state index contributed by atoms with van der Waals surface area (Å²) in [6, 6.07) is 10.4. The van der Waals surface area contributed by atoms with Crippen LogP contribution >= 0.6 is 0 Å². The second-order valence-corrected chi connectivity index (χ2v) is 7.11. The van der Waals surface area contributed by atoms with Crippen molar-refractivity contribution < 1.29 is 17.9 Å². The van der Waals surface area contributed by atoms with Crippen molar-refractivity contribution in [3.05, 3.63) is 47.5 Å². The number of ether oxygens (including phenoxy) is 2. The van der Waals surface area contributed by atoms with E-state index in [0.29, 0.717) is 11.4 Å². The molecule has 1 N–H and O–H groups in total. The van der Waals surface area contributed by atoms with Crippen molar-refractivity contribution in [2.24, 2.45) is 0 Å². The van der Waals surface area contributed by atoms with Gasteiger partial charge in [-0.05, 0) is 54.7 Å². The van der Waals surface area contributed by atoms with Crippen molar-refractivity contribution >= 4 is 15.7 Å². The standard InChI is InChI=1S/C17H19NO4S/c1-21-15-8-9-16(22-2)17(11-15)23(19,20)18-14-7-6-12-4-3-5-13(12)10-14/h6-11,18H,3-5H2,1-2H3. The molecular weight excluding hydrogens is 314 g/mol. The zero-order valence-corrected chi connectivity index (χ0v) is 13.9. The summed E-state index contributed by atoms with van der Waals surface area (Å²) in [6.45, 7) is 0. The van der Waals surface area contributed by atoms with E-state index in [9.17, 15) is 8.42 Å². The van der Waals surface area contributed by atoms with Gasteiger partial charge >= 0.3 is 0 Å². The van der Waals surface area contributed by atoms with Gasteiger partial charge in [0, 0.05) is 11.8 Å². The number of hydrogen-bond acceptors (Lipinski definition) is 4. The minimum atomic E-state index is -3.76. The van der Waals surface area contributed by atoms with E-state index >= 15 is 0 Å².